The zero-order chi connectivity index (χ0) is 13.3. The van der Waals surface area contributed by atoms with E-state index in [2.05, 4.69) is 29.8 Å². The average molecular weight is 314 g/mol. The third-order valence-electron chi connectivity index (χ3n) is 3.45. The first kappa shape index (κ1) is 13.8. The Kier molecular flexibility index (Phi) is 3.99. The highest BCUT2D eigenvalue weighted by Crippen LogP contribution is 2.37. The summed E-state index contributed by atoms with van der Waals surface area (Å²) in [5.74, 6) is 0.897. The molecule has 2 unspecified atom stereocenters. The molecule has 0 saturated heterocycles. The van der Waals surface area contributed by atoms with Crippen LogP contribution in [0.5, 0.6) is 5.75 Å². The van der Waals surface area contributed by atoms with Gasteiger partial charge in [-0.25, -0.2) is 0 Å². The van der Waals surface area contributed by atoms with E-state index in [-0.39, 0.29) is 17.7 Å². The Morgan fingerprint density at radius 1 is 1.50 bits per heavy atom. The van der Waals surface area contributed by atoms with Crippen molar-refractivity contribution in [1.29, 1.82) is 0 Å². The molecule has 3 nitrogen and oxygen atoms in total. The summed E-state index contributed by atoms with van der Waals surface area (Å²) in [6.07, 6.45) is 1.78. The molecule has 0 radical (unpaired) electrons. The van der Waals surface area contributed by atoms with Crippen molar-refractivity contribution in [3.8, 4) is 5.75 Å². The van der Waals surface area contributed by atoms with Gasteiger partial charge < -0.3 is 15.2 Å². The van der Waals surface area contributed by atoms with Crippen molar-refractivity contribution in [3.05, 3.63) is 28.2 Å². The molecule has 2 N–H and O–H groups in total. The minimum absolute atomic E-state index is 0.0314. The highest BCUT2D eigenvalue weighted by Gasteiger charge is 2.31. The molecule has 100 valence electrons. The molecule has 1 aromatic rings. The van der Waals surface area contributed by atoms with Crippen LogP contribution in [-0.2, 0) is 4.74 Å². The van der Waals surface area contributed by atoms with Gasteiger partial charge in [-0.15, -0.1) is 0 Å². The highest BCUT2D eigenvalue weighted by atomic mass is 79.9. The van der Waals surface area contributed by atoms with Crippen molar-refractivity contribution in [1.82, 2.24) is 0 Å². The summed E-state index contributed by atoms with van der Waals surface area (Å²) in [4.78, 5) is 0. The number of halogens is 1. The lowest BCUT2D eigenvalue weighted by atomic mass is 9.91. The van der Waals surface area contributed by atoms with E-state index in [9.17, 15) is 0 Å². The van der Waals surface area contributed by atoms with Crippen LogP contribution in [0.25, 0.3) is 0 Å². The Bertz CT molecular complexity index is 434. The second-order valence-corrected chi connectivity index (χ2v) is 6.35. The average Bonchev–Trinajstić information content (AvgIpc) is 2.30. The number of fused-ring (bicyclic) bond motifs is 1. The smallest absolute Gasteiger partial charge is 0.124 e. The SMILES string of the molecule is COC(C)(C)CC1CC(N)c2cc(Br)ccc2O1. The lowest BCUT2D eigenvalue weighted by Gasteiger charge is -2.34. The molecule has 1 heterocycles. The number of ether oxygens (including phenoxy) is 2. The molecule has 0 aromatic heterocycles. The Labute approximate surface area is 117 Å². The fourth-order valence-electron chi connectivity index (χ4n) is 2.31. The predicted molar refractivity (Wildman–Crippen MR) is 75.8 cm³/mol. The van der Waals surface area contributed by atoms with E-state index in [4.69, 9.17) is 15.2 Å². The monoisotopic (exact) mass is 313 g/mol. The first-order chi connectivity index (χ1) is 8.41. The van der Waals surface area contributed by atoms with Crippen LogP contribution >= 0.6 is 15.9 Å². The van der Waals surface area contributed by atoms with Crippen LogP contribution in [0.2, 0.25) is 0 Å². The summed E-state index contributed by atoms with van der Waals surface area (Å²) >= 11 is 3.46. The van der Waals surface area contributed by atoms with Crippen molar-refractivity contribution >= 4 is 15.9 Å². The molecule has 0 fully saturated rings. The Hall–Kier alpha value is -0.580. The molecule has 1 aromatic carbocycles. The van der Waals surface area contributed by atoms with Gasteiger partial charge >= 0.3 is 0 Å². The Balaban J connectivity index is 2.16. The van der Waals surface area contributed by atoms with E-state index in [0.29, 0.717) is 0 Å². The summed E-state index contributed by atoms with van der Waals surface area (Å²) in [6.45, 7) is 4.14. The molecule has 0 spiro atoms. The quantitative estimate of drug-likeness (QED) is 0.930. The maximum Gasteiger partial charge on any atom is 0.124 e. The van der Waals surface area contributed by atoms with Gasteiger partial charge in [0.1, 0.15) is 11.9 Å². The maximum atomic E-state index is 6.22. The third-order valence-corrected chi connectivity index (χ3v) is 3.95. The van der Waals surface area contributed by atoms with E-state index in [1.165, 1.54) is 0 Å². The van der Waals surface area contributed by atoms with E-state index in [1.807, 2.05) is 18.2 Å². The normalized spacial score (nSPS) is 23.4. The van der Waals surface area contributed by atoms with E-state index >= 15 is 0 Å². The van der Waals surface area contributed by atoms with Crippen molar-refractivity contribution in [2.75, 3.05) is 7.11 Å². The summed E-state index contributed by atoms with van der Waals surface area (Å²) < 4.78 is 12.5. The second kappa shape index (κ2) is 5.19. The standard InChI is InChI=1S/C14H20BrNO2/c1-14(2,17-3)8-10-7-12(16)11-6-9(15)4-5-13(11)18-10/h4-6,10,12H,7-8,16H2,1-3H3. The Morgan fingerprint density at radius 2 is 2.22 bits per heavy atom. The molecule has 18 heavy (non-hydrogen) atoms. The van der Waals surface area contributed by atoms with Gasteiger partial charge in [-0.3, -0.25) is 0 Å². The van der Waals surface area contributed by atoms with Gasteiger partial charge in [-0.2, -0.15) is 0 Å². The zero-order valence-electron chi connectivity index (χ0n) is 11.1. The van der Waals surface area contributed by atoms with Crippen LogP contribution < -0.4 is 10.5 Å². The topological polar surface area (TPSA) is 44.5 Å². The molecule has 1 aliphatic heterocycles. The van der Waals surface area contributed by atoms with Crippen molar-refractivity contribution in [2.45, 2.75) is 44.4 Å². The lowest BCUT2D eigenvalue weighted by molar-refractivity contribution is -0.0194. The largest absolute Gasteiger partial charge is 0.490 e. The molecular weight excluding hydrogens is 294 g/mol. The number of benzene rings is 1. The van der Waals surface area contributed by atoms with Gasteiger partial charge in [0, 0.05) is 36.0 Å². The van der Waals surface area contributed by atoms with Crippen LogP contribution in [0.3, 0.4) is 0 Å². The van der Waals surface area contributed by atoms with Crippen LogP contribution in [0, 0.1) is 0 Å². The fourth-order valence-corrected chi connectivity index (χ4v) is 2.69. The summed E-state index contributed by atoms with van der Waals surface area (Å²) in [5.41, 5.74) is 7.12. The number of nitrogens with two attached hydrogens (primary N) is 1. The molecule has 0 aliphatic carbocycles. The number of hydrogen-bond donors (Lipinski definition) is 1. The first-order valence-electron chi connectivity index (χ1n) is 6.18. The lowest BCUT2D eigenvalue weighted by Crippen LogP contribution is -2.36. The van der Waals surface area contributed by atoms with Crippen LogP contribution in [0.4, 0.5) is 0 Å². The van der Waals surface area contributed by atoms with Crippen LogP contribution in [0.1, 0.15) is 38.3 Å². The van der Waals surface area contributed by atoms with Crippen LogP contribution in [-0.4, -0.2) is 18.8 Å². The van der Waals surface area contributed by atoms with Crippen molar-refractivity contribution in [3.63, 3.8) is 0 Å². The third kappa shape index (κ3) is 3.05. The second-order valence-electron chi connectivity index (χ2n) is 5.43. The van der Waals surface area contributed by atoms with Crippen molar-refractivity contribution in [2.24, 2.45) is 5.73 Å². The molecular formula is C14H20BrNO2. The van der Waals surface area contributed by atoms with E-state index < -0.39 is 0 Å². The fraction of sp³-hybridized carbons (Fsp3) is 0.571. The minimum Gasteiger partial charge on any atom is -0.490 e. The number of methoxy groups -OCH3 is 1. The summed E-state index contributed by atoms with van der Waals surface area (Å²) in [7, 11) is 1.73. The van der Waals surface area contributed by atoms with E-state index in [0.717, 1.165) is 28.6 Å². The van der Waals surface area contributed by atoms with Gasteiger partial charge in [0.15, 0.2) is 0 Å². The highest BCUT2D eigenvalue weighted by molar-refractivity contribution is 9.10. The molecule has 4 heteroatoms. The summed E-state index contributed by atoms with van der Waals surface area (Å²) in [6, 6.07) is 6.03. The molecule has 0 saturated carbocycles. The minimum atomic E-state index is -0.183. The van der Waals surface area contributed by atoms with Gasteiger partial charge in [0.25, 0.3) is 0 Å². The number of hydrogen-bond acceptors (Lipinski definition) is 3. The van der Waals surface area contributed by atoms with Gasteiger partial charge in [-0.05, 0) is 32.0 Å². The number of rotatable bonds is 3. The van der Waals surface area contributed by atoms with Gasteiger partial charge in [-0.1, -0.05) is 15.9 Å². The van der Waals surface area contributed by atoms with Gasteiger partial charge in [0.05, 0.1) is 5.60 Å². The molecule has 2 rings (SSSR count). The zero-order valence-corrected chi connectivity index (χ0v) is 12.7. The van der Waals surface area contributed by atoms with Gasteiger partial charge in [0.2, 0.25) is 0 Å². The molecule has 1 aliphatic rings. The first-order valence-corrected chi connectivity index (χ1v) is 6.97. The van der Waals surface area contributed by atoms with E-state index in [1.54, 1.807) is 7.11 Å². The maximum absolute atomic E-state index is 6.22. The Morgan fingerprint density at radius 3 is 2.89 bits per heavy atom. The molecule has 0 bridgehead atoms. The van der Waals surface area contributed by atoms with Crippen LogP contribution in [0.15, 0.2) is 22.7 Å². The molecule has 0 amide bonds. The van der Waals surface area contributed by atoms with Crippen molar-refractivity contribution < 1.29 is 9.47 Å². The predicted octanol–water partition coefficient (Wildman–Crippen LogP) is 3.42. The summed E-state index contributed by atoms with van der Waals surface area (Å²) in [5, 5.41) is 0. The molecule has 2 atom stereocenters.